The molecule has 0 bridgehead atoms. The van der Waals surface area contributed by atoms with Crippen molar-refractivity contribution in [2.75, 3.05) is 19.6 Å². The van der Waals surface area contributed by atoms with Gasteiger partial charge in [0.25, 0.3) is 0 Å². The van der Waals surface area contributed by atoms with Crippen molar-refractivity contribution >= 4 is 15.9 Å². The lowest BCUT2D eigenvalue weighted by Crippen LogP contribution is -2.40. The minimum atomic E-state index is 0.116. The average molecular weight is 313 g/mol. The van der Waals surface area contributed by atoms with Crippen molar-refractivity contribution in [3.8, 4) is 5.75 Å². The quantitative estimate of drug-likeness (QED) is 0.902. The Morgan fingerprint density at radius 1 is 1.56 bits per heavy atom. The second kappa shape index (κ2) is 6.04. The van der Waals surface area contributed by atoms with E-state index in [4.69, 9.17) is 5.73 Å². The lowest BCUT2D eigenvalue weighted by Gasteiger charge is -2.37. The molecule has 1 aromatic carbocycles. The molecule has 0 saturated carbocycles. The summed E-state index contributed by atoms with van der Waals surface area (Å²) in [6, 6.07) is 5.68. The van der Waals surface area contributed by atoms with Gasteiger partial charge in [-0.2, -0.15) is 0 Å². The largest absolute Gasteiger partial charge is 0.508 e. The summed E-state index contributed by atoms with van der Waals surface area (Å²) in [5, 5.41) is 10.0. The van der Waals surface area contributed by atoms with Gasteiger partial charge in [0.1, 0.15) is 5.75 Å². The second-order valence-electron chi connectivity index (χ2n) is 5.20. The highest BCUT2D eigenvalue weighted by Gasteiger charge is 2.25. The van der Waals surface area contributed by atoms with Crippen LogP contribution in [0.1, 0.15) is 31.4 Å². The zero-order chi connectivity index (χ0) is 13.1. The molecule has 3 nitrogen and oxygen atoms in total. The van der Waals surface area contributed by atoms with Crippen LogP contribution in [0.15, 0.2) is 22.7 Å². The van der Waals surface area contributed by atoms with Gasteiger partial charge >= 0.3 is 0 Å². The molecule has 0 radical (unpaired) electrons. The summed E-state index contributed by atoms with van der Waals surface area (Å²) < 4.78 is 0.985. The smallest absolute Gasteiger partial charge is 0.120 e. The van der Waals surface area contributed by atoms with E-state index in [1.807, 2.05) is 12.1 Å². The molecule has 2 unspecified atom stereocenters. The summed E-state index contributed by atoms with van der Waals surface area (Å²) in [6.45, 7) is 4.95. The van der Waals surface area contributed by atoms with E-state index in [1.54, 1.807) is 6.07 Å². The van der Waals surface area contributed by atoms with Gasteiger partial charge in [0.15, 0.2) is 0 Å². The molecule has 2 atom stereocenters. The molecule has 1 aliphatic rings. The van der Waals surface area contributed by atoms with Crippen LogP contribution < -0.4 is 5.73 Å². The zero-order valence-corrected chi connectivity index (χ0v) is 12.4. The number of likely N-dealkylation sites (tertiary alicyclic amines) is 1. The molecule has 1 heterocycles. The van der Waals surface area contributed by atoms with Crippen molar-refractivity contribution < 1.29 is 5.11 Å². The molecule has 1 aliphatic heterocycles. The van der Waals surface area contributed by atoms with Crippen LogP contribution in [0.25, 0.3) is 0 Å². The van der Waals surface area contributed by atoms with Crippen molar-refractivity contribution in [3.63, 3.8) is 0 Å². The summed E-state index contributed by atoms with van der Waals surface area (Å²) in [4.78, 5) is 2.40. The second-order valence-corrected chi connectivity index (χ2v) is 6.11. The first-order chi connectivity index (χ1) is 8.61. The number of nitrogens with two attached hydrogens (primary N) is 1. The van der Waals surface area contributed by atoms with Crippen molar-refractivity contribution in [1.29, 1.82) is 0 Å². The Labute approximate surface area is 117 Å². The van der Waals surface area contributed by atoms with Crippen molar-refractivity contribution in [1.82, 2.24) is 4.90 Å². The number of hydrogen-bond acceptors (Lipinski definition) is 3. The maximum Gasteiger partial charge on any atom is 0.120 e. The summed E-state index contributed by atoms with van der Waals surface area (Å²) in [5.41, 5.74) is 6.86. The van der Waals surface area contributed by atoms with Crippen LogP contribution in [0.2, 0.25) is 0 Å². The van der Waals surface area contributed by atoms with Crippen LogP contribution >= 0.6 is 15.9 Å². The third kappa shape index (κ3) is 3.05. The van der Waals surface area contributed by atoms with E-state index in [-0.39, 0.29) is 6.04 Å². The maximum absolute atomic E-state index is 10.0. The highest BCUT2D eigenvalue weighted by atomic mass is 79.9. The summed E-state index contributed by atoms with van der Waals surface area (Å²) in [6.07, 6.45) is 2.50. The first-order valence-corrected chi connectivity index (χ1v) is 7.33. The Balaban J connectivity index is 2.24. The number of benzene rings is 1. The SMILES string of the molecule is CC1CCCN(C(CN)c2cc(Br)ccc2O)C1. The standard InChI is InChI=1S/C14H21BrN2O/c1-10-3-2-6-17(9-10)13(8-16)12-7-11(15)4-5-14(12)18/h4-5,7,10,13,18H,2-3,6,8-9,16H2,1H3. The van der Waals surface area contributed by atoms with Gasteiger partial charge in [-0.1, -0.05) is 22.9 Å². The molecule has 3 N–H and O–H groups in total. The number of nitrogens with zero attached hydrogens (tertiary/aromatic N) is 1. The van der Waals surface area contributed by atoms with Gasteiger partial charge in [-0.25, -0.2) is 0 Å². The predicted octanol–water partition coefficient (Wildman–Crippen LogP) is 2.89. The molecular weight excluding hydrogens is 292 g/mol. The normalized spacial score (nSPS) is 22.9. The lowest BCUT2D eigenvalue weighted by atomic mass is 9.96. The number of aromatic hydroxyl groups is 1. The number of hydrogen-bond donors (Lipinski definition) is 2. The van der Waals surface area contributed by atoms with E-state index in [0.717, 1.165) is 23.1 Å². The summed E-state index contributed by atoms with van der Waals surface area (Å²) in [7, 11) is 0. The molecule has 1 fully saturated rings. The van der Waals surface area contributed by atoms with Crippen LogP contribution in [-0.4, -0.2) is 29.6 Å². The van der Waals surface area contributed by atoms with E-state index in [2.05, 4.69) is 27.8 Å². The molecule has 100 valence electrons. The molecule has 0 aliphatic carbocycles. The molecule has 0 amide bonds. The lowest BCUT2D eigenvalue weighted by molar-refractivity contribution is 0.131. The fourth-order valence-corrected chi connectivity index (χ4v) is 3.15. The highest BCUT2D eigenvalue weighted by Crippen LogP contribution is 2.33. The highest BCUT2D eigenvalue weighted by molar-refractivity contribution is 9.10. The number of phenolic OH excluding ortho intramolecular Hbond substituents is 1. The van der Waals surface area contributed by atoms with Crippen LogP contribution in [0.4, 0.5) is 0 Å². The number of halogens is 1. The van der Waals surface area contributed by atoms with Crippen molar-refractivity contribution in [2.45, 2.75) is 25.8 Å². The van der Waals surface area contributed by atoms with Crippen LogP contribution in [0.3, 0.4) is 0 Å². The number of piperidine rings is 1. The van der Waals surface area contributed by atoms with Crippen LogP contribution in [0.5, 0.6) is 5.75 Å². The van der Waals surface area contributed by atoms with E-state index in [1.165, 1.54) is 12.8 Å². The Hall–Kier alpha value is -0.580. The molecule has 0 spiro atoms. The van der Waals surface area contributed by atoms with Gasteiger partial charge in [0.2, 0.25) is 0 Å². The summed E-state index contributed by atoms with van der Waals surface area (Å²) in [5.74, 6) is 1.05. The summed E-state index contributed by atoms with van der Waals surface area (Å²) >= 11 is 3.46. The van der Waals surface area contributed by atoms with Gasteiger partial charge in [-0.05, 0) is 43.5 Å². The van der Waals surface area contributed by atoms with Gasteiger partial charge in [0, 0.05) is 23.1 Å². The Morgan fingerprint density at radius 2 is 2.33 bits per heavy atom. The average Bonchev–Trinajstić information content (AvgIpc) is 2.35. The van der Waals surface area contributed by atoms with Crippen LogP contribution in [-0.2, 0) is 0 Å². The van der Waals surface area contributed by atoms with E-state index in [0.29, 0.717) is 18.2 Å². The third-order valence-corrected chi connectivity index (χ3v) is 4.19. The Morgan fingerprint density at radius 3 is 3.00 bits per heavy atom. The van der Waals surface area contributed by atoms with E-state index >= 15 is 0 Å². The molecule has 18 heavy (non-hydrogen) atoms. The molecule has 1 aromatic rings. The van der Waals surface area contributed by atoms with Gasteiger partial charge in [-0.3, -0.25) is 4.90 Å². The minimum Gasteiger partial charge on any atom is -0.508 e. The minimum absolute atomic E-state index is 0.116. The molecule has 0 aromatic heterocycles. The van der Waals surface area contributed by atoms with Gasteiger partial charge in [0.05, 0.1) is 6.04 Å². The molecule has 2 rings (SSSR count). The molecule has 4 heteroatoms. The number of phenols is 1. The Bertz CT molecular complexity index is 411. The zero-order valence-electron chi connectivity index (χ0n) is 10.8. The van der Waals surface area contributed by atoms with Crippen molar-refractivity contribution in [3.05, 3.63) is 28.2 Å². The molecule has 1 saturated heterocycles. The third-order valence-electron chi connectivity index (χ3n) is 3.70. The monoisotopic (exact) mass is 312 g/mol. The fraction of sp³-hybridized carbons (Fsp3) is 0.571. The van der Waals surface area contributed by atoms with Gasteiger partial charge in [-0.15, -0.1) is 0 Å². The Kier molecular flexibility index (Phi) is 4.65. The maximum atomic E-state index is 10.0. The van der Waals surface area contributed by atoms with E-state index in [9.17, 15) is 5.11 Å². The van der Waals surface area contributed by atoms with Crippen molar-refractivity contribution in [2.24, 2.45) is 11.7 Å². The number of rotatable bonds is 3. The fourth-order valence-electron chi connectivity index (χ4n) is 2.77. The molecular formula is C14H21BrN2O. The van der Waals surface area contributed by atoms with E-state index < -0.39 is 0 Å². The van der Waals surface area contributed by atoms with Gasteiger partial charge < -0.3 is 10.8 Å². The predicted molar refractivity (Wildman–Crippen MR) is 77.6 cm³/mol. The first-order valence-electron chi connectivity index (χ1n) is 6.54. The topological polar surface area (TPSA) is 49.5 Å². The first kappa shape index (κ1) is 13.8. The van der Waals surface area contributed by atoms with Crippen LogP contribution in [0, 0.1) is 5.92 Å².